The molecule has 0 aromatic carbocycles. The van der Waals surface area contributed by atoms with E-state index in [1.807, 2.05) is 18.2 Å². The Morgan fingerprint density at radius 2 is 2.33 bits per heavy atom. The number of nitrogens with one attached hydrogen (secondary N) is 1. The van der Waals surface area contributed by atoms with Crippen molar-refractivity contribution in [2.24, 2.45) is 0 Å². The Morgan fingerprint density at radius 1 is 1.40 bits per heavy atom. The number of nitrogens with zero attached hydrogens (tertiary/aromatic N) is 3. The molecule has 1 fully saturated rings. The van der Waals surface area contributed by atoms with Crippen molar-refractivity contribution >= 4 is 21.6 Å². The van der Waals surface area contributed by atoms with Gasteiger partial charge in [-0.25, -0.2) is 0 Å². The van der Waals surface area contributed by atoms with Gasteiger partial charge in [-0.2, -0.15) is 0 Å². The summed E-state index contributed by atoms with van der Waals surface area (Å²) in [6.45, 7) is 1.07. The lowest BCUT2D eigenvalue weighted by Gasteiger charge is -2.08. The van der Waals surface area contributed by atoms with Gasteiger partial charge in [-0.3, -0.25) is 4.40 Å². The molecule has 1 N–H and O–H groups in total. The third-order valence-electron chi connectivity index (χ3n) is 2.78. The third kappa shape index (κ3) is 1.46. The first-order valence-corrected chi connectivity index (χ1v) is 5.88. The number of pyridine rings is 1. The monoisotopic (exact) mass is 266 g/mol. The zero-order chi connectivity index (χ0) is 10.3. The molecule has 0 bridgehead atoms. The second-order valence-electron chi connectivity index (χ2n) is 3.75. The molecule has 1 atom stereocenters. The van der Waals surface area contributed by atoms with Gasteiger partial charge >= 0.3 is 0 Å². The fourth-order valence-electron chi connectivity index (χ4n) is 2.05. The summed E-state index contributed by atoms with van der Waals surface area (Å²) in [5.74, 6) is 1.01. The lowest BCUT2D eigenvalue weighted by molar-refractivity contribution is 0.596. The second-order valence-corrected chi connectivity index (χ2v) is 4.56. The van der Waals surface area contributed by atoms with E-state index in [1.54, 1.807) is 0 Å². The van der Waals surface area contributed by atoms with Crippen LogP contribution in [0.15, 0.2) is 22.8 Å². The fraction of sp³-hybridized carbons (Fsp3) is 0.400. The lowest BCUT2D eigenvalue weighted by Crippen LogP contribution is -2.16. The Bertz CT molecular complexity index is 487. The van der Waals surface area contributed by atoms with Gasteiger partial charge < -0.3 is 5.32 Å². The van der Waals surface area contributed by atoms with Gasteiger partial charge in [-0.05, 0) is 47.4 Å². The number of aromatic nitrogens is 3. The van der Waals surface area contributed by atoms with Crippen LogP contribution in [0.4, 0.5) is 0 Å². The van der Waals surface area contributed by atoms with Crippen molar-refractivity contribution in [3.63, 3.8) is 0 Å². The first-order valence-electron chi connectivity index (χ1n) is 5.09. The molecule has 0 spiro atoms. The molecule has 0 aliphatic carbocycles. The Kier molecular flexibility index (Phi) is 2.21. The molecule has 0 radical (unpaired) electrons. The summed E-state index contributed by atoms with van der Waals surface area (Å²) in [5, 5.41) is 11.9. The van der Waals surface area contributed by atoms with Crippen molar-refractivity contribution in [2.45, 2.75) is 18.9 Å². The molecule has 1 saturated heterocycles. The minimum absolute atomic E-state index is 0.346. The van der Waals surface area contributed by atoms with Crippen LogP contribution in [0.1, 0.15) is 24.7 Å². The predicted molar refractivity (Wildman–Crippen MR) is 60.7 cm³/mol. The molecule has 1 aliphatic rings. The van der Waals surface area contributed by atoms with E-state index in [0.717, 1.165) is 29.0 Å². The maximum Gasteiger partial charge on any atom is 0.161 e. The number of hydrogen-bond acceptors (Lipinski definition) is 3. The third-order valence-corrected chi connectivity index (χ3v) is 3.40. The van der Waals surface area contributed by atoms with Crippen LogP contribution >= 0.6 is 15.9 Å². The summed E-state index contributed by atoms with van der Waals surface area (Å²) in [6.07, 6.45) is 2.35. The van der Waals surface area contributed by atoms with Gasteiger partial charge in [0.1, 0.15) is 0 Å². The Morgan fingerprint density at radius 3 is 3.13 bits per heavy atom. The van der Waals surface area contributed by atoms with Crippen LogP contribution in [-0.4, -0.2) is 21.1 Å². The summed E-state index contributed by atoms with van der Waals surface area (Å²) >= 11 is 3.53. The summed E-state index contributed by atoms with van der Waals surface area (Å²) in [6, 6.07) is 6.30. The van der Waals surface area contributed by atoms with Crippen molar-refractivity contribution in [3.8, 4) is 0 Å². The average Bonchev–Trinajstić information content (AvgIpc) is 2.85. The quantitative estimate of drug-likeness (QED) is 0.802. The molecule has 1 unspecified atom stereocenters. The van der Waals surface area contributed by atoms with E-state index in [9.17, 15) is 0 Å². The summed E-state index contributed by atoms with van der Waals surface area (Å²) in [7, 11) is 0. The van der Waals surface area contributed by atoms with Crippen molar-refractivity contribution in [2.75, 3.05) is 6.54 Å². The molecule has 5 heteroatoms. The Hall–Kier alpha value is -0.940. The van der Waals surface area contributed by atoms with Crippen LogP contribution in [0, 0.1) is 0 Å². The van der Waals surface area contributed by atoms with E-state index in [-0.39, 0.29) is 0 Å². The molecule has 2 aromatic heterocycles. The zero-order valence-corrected chi connectivity index (χ0v) is 9.74. The molecule has 4 nitrogen and oxygen atoms in total. The van der Waals surface area contributed by atoms with Gasteiger partial charge in [0.05, 0.1) is 10.6 Å². The van der Waals surface area contributed by atoms with Crippen LogP contribution in [0.5, 0.6) is 0 Å². The topological polar surface area (TPSA) is 42.2 Å². The largest absolute Gasteiger partial charge is 0.307 e. The Labute approximate surface area is 95.8 Å². The average molecular weight is 267 g/mol. The molecule has 0 saturated carbocycles. The number of fused-ring (bicyclic) bond motifs is 1. The van der Waals surface area contributed by atoms with E-state index < -0.39 is 0 Å². The van der Waals surface area contributed by atoms with E-state index >= 15 is 0 Å². The van der Waals surface area contributed by atoms with Crippen molar-refractivity contribution in [3.05, 3.63) is 28.6 Å². The van der Waals surface area contributed by atoms with Gasteiger partial charge in [0.2, 0.25) is 0 Å². The van der Waals surface area contributed by atoms with Crippen LogP contribution < -0.4 is 5.32 Å². The highest BCUT2D eigenvalue weighted by Gasteiger charge is 2.22. The van der Waals surface area contributed by atoms with Crippen molar-refractivity contribution in [1.82, 2.24) is 19.9 Å². The summed E-state index contributed by atoms with van der Waals surface area (Å²) < 4.78 is 3.07. The standard InChI is InChI=1S/C10H11BrN4/c11-8-4-1-5-9-13-14-10(15(8)9)7-3-2-6-12-7/h1,4-5,7,12H,2-3,6H2. The summed E-state index contributed by atoms with van der Waals surface area (Å²) in [4.78, 5) is 0. The molecule has 78 valence electrons. The first-order chi connectivity index (χ1) is 7.36. The highest BCUT2D eigenvalue weighted by Crippen LogP contribution is 2.24. The highest BCUT2D eigenvalue weighted by molar-refractivity contribution is 9.10. The maximum absolute atomic E-state index is 4.26. The van der Waals surface area contributed by atoms with E-state index in [4.69, 9.17) is 0 Å². The predicted octanol–water partition coefficient (Wildman–Crippen LogP) is 1.92. The molecule has 1 aliphatic heterocycles. The van der Waals surface area contributed by atoms with Crippen LogP contribution in [0.2, 0.25) is 0 Å². The van der Waals surface area contributed by atoms with Gasteiger partial charge in [0, 0.05) is 0 Å². The smallest absolute Gasteiger partial charge is 0.161 e. The lowest BCUT2D eigenvalue weighted by atomic mass is 10.2. The fourth-order valence-corrected chi connectivity index (χ4v) is 2.57. The van der Waals surface area contributed by atoms with E-state index in [2.05, 4.69) is 35.8 Å². The van der Waals surface area contributed by atoms with E-state index in [1.165, 1.54) is 6.42 Å². The van der Waals surface area contributed by atoms with Crippen LogP contribution in [-0.2, 0) is 0 Å². The van der Waals surface area contributed by atoms with Gasteiger partial charge in [0.25, 0.3) is 0 Å². The molecule has 0 amide bonds. The second kappa shape index (κ2) is 3.57. The van der Waals surface area contributed by atoms with Crippen molar-refractivity contribution < 1.29 is 0 Å². The van der Waals surface area contributed by atoms with Crippen LogP contribution in [0.3, 0.4) is 0 Å². The minimum Gasteiger partial charge on any atom is -0.307 e. The van der Waals surface area contributed by atoms with E-state index in [0.29, 0.717) is 6.04 Å². The normalized spacial score (nSPS) is 21.3. The SMILES string of the molecule is Brc1cccc2nnc(C3CCCN3)n12. The zero-order valence-electron chi connectivity index (χ0n) is 8.15. The first kappa shape index (κ1) is 9.30. The molecule has 2 aromatic rings. The molecule has 3 heterocycles. The highest BCUT2D eigenvalue weighted by atomic mass is 79.9. The number of rotatable bonds is 1. The molecular formula is C10H11BrN4. The molecule has 15 heavy (non-hydrogen) atoms. The van der Waals surface area contributed by atoms with Gasteiger partial charge in [-0.1, -0.05) is 6.07 Å². The molecular weight excluding hydrogens is 256 g/mol. The maximum atomic E-state index is 4.26. The summed E-state index contributed by atoms with van der Waals surface area (Å²) in [5.41, 5.74) is 0.896. The Balaban J connectivity index is 2.18. The van der Waals surface area contributed by atoms with Gasteiger partial charge in [0.15, 0.2) is 11.5 Å². The number of hydrogen-bond donors (Lipinski definition) is 1. The van der Waals surface area contributed by atoms with Gasteiger partial charge in [-0.15, -0.1) is 10.2 Å². The number of halogens is 1. The van der Waals surface area contributed by atoms with Crippen molar-refractivity contribution in [1.29, 1.82) is 0 Å². The minimum atomic E-state index is 0.346. The molecule has 3 rings (SSSR count). The van der Waals surface area contributed by atoms with Crippen LogP contribution in [0.25, 0.3) is 5.65 Å².